The molecular formula is C19H24F3N5OS. The van der Waals surface area contributed by atoms with Gasteiger partial charge in [0.25, 0.3) is 0 Å². The number of rotatable bonds is 7. The summed E-state index contributed by atoms with van der Waals surface area (Å²) in [6, 6.07) is 2.26. The molecule has 1 amide bonds. The van der Waals surface area contributed by atoms with Gasteiger partial charge < -0.3 is 10.6 Å². The largest absolute Gasteiger partial charge is 0.417 e. The molecule has 0 spiro atoms. The number of aromatic nitrogens is 2. The molecule has 1 saturated heterocycles. The van der Waals surface area contributed by atoms with E-state index in [1.54, 1.807) is 11.3 Å². The third-order valence-corrected chi connectivity index (χ3v) is 5.65. The number of hydrogen-bond donors (Lipinski definition) is 2. The van der Waals surface area contributed by atoms with Crippen LogP contribution in [0.15, 0.2) is 23.7 Å². The van der Waals surface area contributed by atoms with Crippen molar-refractivity contribution in [2.75, 3.05) is 31.5 Å². The van der Waals surface area contributed by atoms with Gasteiger partial charge in [-0.1, -0.05) is 0 Å². The number of carbonyl (C=O) groups is 1. The van der Waals surface area contributed by atoms with Crippen molar-refractivity contribution in [1.82, 2.24) is 20.2 Å². The lowest BCUT2D eigenvalue weighted by Crippen LogP contribution is -2.41. The van der Waals surface area contributed by atoms with Crippen molar-refractivity contribution in [3.8, 4) is 0 Å². The summed E-state index contributed by atoms with van der Waals surface area (Å²) >= 11 is 1.65. The third kappa shape index (κ3) is 6.40. The lowest BCUT2D eigenvalue weighted by molar-refractivity contribution is -0.137. The van der Waals surface area contributed by atoms with Crippen LogP contribution in [0.5, 0.6) is 0 Å². The number of likely N-dealkylation sites (tertiary alicyclic amines) is 1. The maximum Gasteiger partial charge on any atom is 0.417 e. The van der Waals surface area contributed by atoms with E-state index in [2.05, 4.69) is 30.9 Å². The zero-order chi connectivity index (χ0) is 20.9. The zero-order valence-electron chi connectivity index (χ0n) is 16.1. The molecule has 0 bridgehead atoms. The lowest BCUT2D eigenvalue weighted by atomic mass is 9.96. The van der Waals surface area contributed by atoms with Crippen LogP contribution < -0.4 is 10.6 Å². The highest BCUT2D eigenvalue weighted by Crippen LogP contribution is 2.28. The minimum atomic E-state index is -4.39. The molecule has 10 heteroatoms. The summed E-state index contributed by atoms with van der Waals surface area (Å²) in [4.78, 5) is 22.9. The van der Waals surface area contributed by atoms with Crippen molar-refractivity contribution in [2.45, 2.75) is 32.5 Å². The van der Waals surface area contributed by atoms with Crippen LogP contribution in [0.3, 0.4) is 0 Å². The van der Waals surface area contributed by atoms with Crippen LogP contribution in [0.25, 0.3) is 0 Å². The summed E-state index contributed by atoms with van der Waals surface area (Å²) in [6.45, 7) is 5.33. The number of thiazole rings is 1. The lowest BCUT2D eigenvalue weighted by Gasteiger charge is -2.30. The second kappa shape index (κ2) is 9.53. The first-order valence-electron chi connectivity index (χ1n) is 9.49. The molecule has 0 aromatic carbocycles. The fraction of sp³-hybridized carbons (Fsp3) is 0.526. The number of anilines is 1. The first kappa shape index (κ1) is 21.5. The minimum absolute atomic E-state index is 0.00684. The molecule has 2 aromatic rings. The predicted octanol–water partition coefficient (Wildman–Crippen LogP) is 3.31. The fourth-order valence-corrected chi connectivity index (χ4v) is 3.85. The van der Waals surface area contributed by atoms with Crippen molar-refractivity contribution >= 4 is 23.1 Å². The normalized spacial score (nSPS) is 16.0. The SMILES string of the molecule is Cc1nc(CN2CCC(C(=O)NCCNc3ccc(C(F)(F)F)cn3)CC2)cs1. The van der Waals surface area contributed by atoms with E-state index < -0.39 is 11.7 Å². The predicted molar refractivity (Wildman–Crippen MR) is 106 cm³/mol. The summed E-state index contributed by atoms with van der Waals surface area (Å²) in [5.74, 6) is 0.363. The molecule has 1 aliphatic rings. The van der Waals surface area contributed by atoms with Gasteiger partial charge in [0.2, 0.25) is 5.91 Å². The molecule has 6 nitrogen and oxygen atoms in total. The highest BCUT2D eigenvalue weighted by Gasteiger charge is 2.30. The van der Waals surface area contributed by atoms with Crippen LogP contribution in [0.1, 0.15) is 29.1 Å². The van der Waals surface area contributed by atoms with Crippen LogP contribution in [0.4, 0.5) is 19.0 Å². The number of alkyl halides is 3. The molecule has 1 aliphatic heterocycles. The molecule has 158 valence electrons. The molecule has 0 atom stereocenters. The Bertz CT molecular complexity index is 801. The smallest absolute Gasteiger partial charge is 0.368 e. The van der Waals surface area contributed by atoms with E-state index in [1.165, 1.54) is 6.07 Å². The number of amides is 1. The first-order valence-corrected chi connectivity index (χ1v) is 10.4. The van der Waals surface area contributed by atoms with Crippen molar-refractivity contribution in [3.05, 3.63) is 40.0 Å². The Morgan fingerprint density at radius 2 is 2.03 bits per heavy atom. The summed E-state index contributed by atoms with van der Waals surface area (Å²) < 4.78 is 37.5. The zero-order valence-corrected chi connectivity index (χ0v) is 16.9. The highest BCUT2D eigenvalue weighted by molar-refractivity contribution is 7.09. The van der Waals surface area contributed by atoms with Crippen molar-refractivity contribution < 1.29 is 18.0 Å². The Hall–Kier alpha value is -2.20. The van der Waals surface area contributed by atoms with Crippen molar-refractivity contribution in [1.29, 1.82) is 0 Å². The monoisotopic (exact) mass is 427 g/mol. The average molecular weight is 427 g/mol. The summed E-state index contributed by atoms with van der Waals surface area (Å²) in [5.41, 5.74) is 0.297. The Balaban J connectivity index is 1.33. The molecule has 1 fully saturated rings. The fourth-order valence-electron chi connectivity index (χ4n) is 3.25. The van der Waals surface area contributed by atoms with Crippen molar-refractivity contribution in [3.63, 3.8) is 0 Å². The maximum atomic E-state index is 12.5. The Labute approximate surface area is 171 Å². The van der Waals surface area contributed by atoms with E-state index >= 15 is 0 Å². The second-order valence-electron chi connectivity index (χ2n) is 7.06. The van der Waals surface area contributed by atoms with Crippen LogP contribution in [-0.4, -0.2) is 47.0 Å². The Kier molecular flexibility index (Phi) is 7.07. The number of halogens is 3. The molecule has 29 heavy (non-hydrogen) atoms. The van der Waals surface area contributed by atoms with Crippen LogP contribution in [0.2, 0.25) is 0 Å². The quantitative estimate of drug-likeness (QED) is 0.664. The summed E-state index contributed by atoms with van der Waals surface area (Å²) in [5, 5.41) is 8.94. The van der Waals surface area contributed by atoms with Gasteiger partial charge in [-0.25, -0.2) is 9.97 Å². The van der Waals surface area contributed by atoms with E-state index in [4.69, 9.17) is 0 Å². The number of hydrogen-bond acceptors (Lipinski definition) is 6. The van der Waals surface area contributed by atoms with Gasteiger partial charge >= 0.3 is 6.18 Å². The summed E-state index contributed by atoms with van der Waals surface area (Å²) in [7, 11) is 0. The van der Waals surface area contributed by atoms with Crippen LogP contribution >= 0.6 is 11.3 Å². The van der Waals surface area contributed by atoms with E-state index in [9.17, 15) is 18.0 Å². The van der Waals surface area contributed by atoms with Gasteiger partial charge in [-0.05, 0) is 45.0 Å². The van der Waals surface area contributed by atoms with Crippen LogP contribution in [-0.2, 0) is 17.5 Å². The van der Waals surface area contributed by atoms with Gasteiger partial charge in [0.15, 0.2) is 0 Å². The minimum Gasteiger partial charge on any atom is -0.368 e. The number of aryl methyl sites for hydroxylation is 1. The average Bonchev–Trinajstić information content (AvgIpc) is 3.10. The van der Waals surface area contributed by atoms with E-state index in [1.807, 2.05) is 6.92 Å². The van der Waals surface area contributed by atoms with Crippen LogP contribution in [0, 0.1) is 12.8 Å². The first-order chi connectivity index (χ1) is 13.8. The molecule has 2 N–H and O–H groups in total. The second-order valence-corrected chi connectivity index (χ2v) is 8.12. The van der Waals surface area contributed by atoms with E-state index in [-0.39, 0.29) is 11.8 Å². The van der Waals surface area contributed by atoms with Gasteiger partial charge in [0, 0.05) is 37.1 Å². The molecule has 0 unspecified atom stereocenters. The van der Waals surface area contributed by atoms with Crippen molar-refractivity contribution in [2.24, 2.45) is 5.92 Å². The molecule has 0 radical (unpaired) electrons. The van der Waals surface area contributed by atoms with Gasteiger partial charge in [-0.15, -0.1) is 11.3 Å². The molecule has 3 rings (SSSR count). The van der Waals surface area contributed by atoms with E-state index in [0.29, 0.717) is 18.9 Å². The van der Waals surface area contributed by atoms with Gasteiger partial charge in [-0.2, -0.15) is 13.2 Å². The number of nitrogens with one attached hydrogen (secondary N) is 2. The van der Waals surface area contributed by atoms with E-state index in [0.717, 1.165) is 55.4 Å². The Morgan fingerprint density at radius 1 is 1.28 bits per heavy atom. The highest BCUT2D eigenvalue weighted by atomic mass is 32.1. The number of carbonyl (C=O) groups excluding carboxylic acids is 1. The standard InChI is InChI=1S/C19H24F3N5OS/c1-13-26-16(12-29-13)11-27-8-4-14(5-9-27)18(28)24-7-6-23-17-3-2-15(10-25-17)19(20,21)22/h2-3,10,12,14H,4-9,11H2,1H3,(H,23,25)(H,24,28). The molecule has 2 aromatic heterocycles. The summed E-state index contributed by atoms with van der Waals surface area (Å²) in [6.07, 6.45) is -1.98. The number of piperidine rings is 1. The topological polar surface area (TPSA) is 70.2 Å². The number of nitrogens with zero attached hydrogens (tertiary/aromatic N) is 3. The molecule has 3 heterocycles. The molecule has 0 aliphatic carbocycles. The number of pyridine rings is 1. The maximum absolute atomic E-state index is 12.5. The molecular weight excluding hydrogens is 403 g/mol. The Morgan fingerprint density at radius 3 is 2.62 bits per heavy atom. The third-order valence-electron chi connectivity index (χ3n) is 4.83. The molecule has 0 saturated carbocycles. The van der Waals surface area contributed by atoms with Gasteiger partial charge in [0.05, 0.1) is 16.3 Å². The van der Waals surface area contributed by atoms with Gasteiger partial charge in [-0.3, -0.25) is 9.69 Å². The van der Waals surface area contributed by atoms with Gasteiger partial charge in [0.1, 0.15) is 5.82 Å².